The van der Waals surface area contributed by atoms with Crippen LogP contribution in [0.3, 0.4) is 0 Å². The van der Waals surface area contributed by atoms with Gasteiger partial charge in [0.2, 0.25) is 0 Å². The van der Waals surface area contributed by atoms with Crippen molar-refractivity contribution in [1.29, 1.82) is 0 Å². The molecular weight excluding hydrogens is 332 g/mol. The second kappa shape index (κ2) is 8.28. The van der Waals surface area contributed by atoms with Gasteiger partial charge in [0.25, 0.3) is 0 Å². The lowest BCUT2D eigenvalue weighted by atomic mass is 10.0. The van der Waals surface area contributed by atoms with E-state index in [1.807, 2.05) is 18.2 Å². The van der Waals surface area contributed by atoms with E-state index in [9.17, 15) is 0 Å². The van der Waals surface area contributed by atoms with Gasteiger partial charge >= 0.3 is 0 Å². The fourth-order valence-electron chi connectivity index (χ4n) is 2.71. The van der Waals surface area contributed by atoms with Crippen molar-refractivity contribution in [2.45, 2.75) is 26.8 Å². The summed E-state index contributed by atoms with van der Waals surface area (Å²) in [7, 11) is 0. The third kappa shape index (κ3) is 4.68. The van der Waals surface area contributed by atoms with Crippen LogP contribution in [-0.2, 0) is 6.54 Å². The average Bonchev–Trinajstić information content (AvgIpc) is 3.13. The topological polar surface area (TPSA) is 53.6 Å². The monoisotopic (exact) mass is 354 g/mol. The molecule has 3 rings (SSSR count). The van der Waals surface area contributed by atoms with Gasteiger partial charge in [0.1, 0.15) is 6.33 Å². The highest BCUT2D eigenvalue weighted by atomic mass is 35.5. The summed E-state index contributed by atoms with van der Waals surface area (Å²) >= 11 is 6.54. The first kappa shape index (κ1) is 17.6. The average molecular weight is 355 g/mol. The SMILES string of the molecule is CC(C)CCNCc1ccc(-c2cccc(-c3nnc[nH]3)c2)c(Cl)c1. The summed E-state index contributed by atoms with van der Waals surface area (Å²) < 4.78 is 0. The molecule has 5 heteroatoms. The molecule has 2 N–H and O–H groups in total. The van der Waals surface area contributed by atoms with Crippen molar-refractivity contribution in [2.75, 3.05) is 6.54 Å². The summed E-state index contributed by atoms with van der Waals surface area (Å²) in [6.45, 7) is 6.33. The van der Waals surface area contributed by atoms with Crippen molar-refractivity contribution in [2.24, 2.45) is 5.92 Å². The zero-order chi connectivity index (χ0) is 17.6. The minimum absolute atomic E-state index is 0.718. The second-order valence-electron chi connectivity index (χ2n) is 6.59. The Labute approximate surface area is 153 Å². The number of hydrogen-bond acceptors (Lipinski definition) is 3. The molecule has 0 spiro atoms. The summed E-state index contributed by atoms with van der Waals surface area (Å²) in [6.07, 6.45) is 2.76. The van der Waals surface area contributed by atoms with E-state index < -0.39 is 0 Å². The standard InChI is InChI=1S/C20H23ClN4/c1-14(2)8-9-22-12-15-6-7-18(19(21)10-15)16-4-3-5-17(11-16)20-23-13-24-25-20/h3-7,10-11,13-14,22H,8-9,12H2,1-2H3,(H,23,24,25). The maximum Gasteiger partial charge on any atom is 0.161 e. The number of H-pyrrole nitrogens is 1. The highest BCUT2D eigenvalue weighted by Gasteiger charge is 2.08. The van der Waals surface area contributed by atoms with Gasteiger partial charge in [-0.25, -0.2) is 0 Å². The normalized spacial score (nSPS) is 11.2. The molecule has 4 nitrogen and oxygen atoms in total. The fourth-order valence-corrected chi connectivity index (χ4v) is 3.02. The van der Waals surface area contributed by atoms with Crippen LogP contribution in [0.2, 0.25) is 5.02 Å². The minimum atomic E-state index is 0.718. The molecule has 0 aliphatic carbocycles. The molecule has 0 saturated heterocycles. The lowest BCUT2D eigenvalue weighted by molar-refractivity contribution is 0.537. The van der Waals surface area contributed by atoms with Gasteiger partial charge in [-0.2, -0.15) is 0 Å². The Hall–Kier alpha value is -2.17. The molecule has 130 valence electrons. The van der Waals surface area contributed by atoms with Gasteiger partial charge in [-0.3, -0.25) is 0 Å². The van der Waals surface area contributed by atoms with Crippen LogP contribution in [0.15, 0.2) is 48.8 Å². The molecule has 0 saturated carbocycles. The van der Waals surface area contributed by atoms with Gasteiger partial charge in [-0.15, -0.1) is 10.2 Å². The van der Waals surface area contributed by atoms with E-state index in [1.165, 1.54) is 12.0 Å². The Bertz CT molecular complexity index is 812. The van der Waals surface area contributed by atoms with Gasteiger partial charge in [0, 0.05) is 22.7 Å². The maximum absolute atomic E-state index is 6.54. The van der Waals surface area contributed by atoms with Crippen molar-refractivity contribution in [3.8, 4) is 22.5 Å². The number of hydrogen-bond donors (Lipinski definition) is 2. The number of nitrogens with one attached hydrogen (secondary N) is 2. The summed E-state index contributed by atoms with van der Waals surface area (Å²) in [4.78, 5) is 3.03. The Morgan fingerprint density at radius 3 is 2.68 bits per heavy atom. The number of benzene rings is 2. The van der Waals surface area contributed by atoms with E-state index >= 15 is 0 Å². The minimum Gasteiger partial charge on any atom is -0.328 e. The van der Waals surface area contributed by atoms with Crippen LogP contribution in [0.4, 0.5) is 0 Å². The van der Waals surface area contributed by atoms with Gasteiger partial charge in [0.05, 0.1) is 0 Å². The van der Waals surface area contributed by atoms with Gasteiger partial charge < -0.3 is 10.3 Å². The summed E-state index contributed by atoms with van der Waals surface area (Å²) in [5.74, 6) is 1.47. The van der Waals surface area contributed by atoms with E-state index in [1.54, 1.807) is 6.33 Å². The summed E-state index contributed by atoms with van der Waals surface area (Å²) in [5.41, 5.74) is 4.28. The van der Waals surface area contributed by atoms with Crippen LogP contribution >= 0.6 is 11.6 Å². The molecule has 0 aliphatic heterocycles. The molecule has 3 aromatic rings. The first-order chi connectivity index (χ1) is 12.1. The van der Waals surface area contributed by atoms with E-state index in [0.29, 0.717) is 0 Å². The van der Waals surface area contributed by atoms with E-state index in [0.717, 1.165) is 46.5 Å². The van der Waals surface area contributed by atoms with Gasteiger partial charge in [-0.05, 0) is 42.1 Å². The molecule has 1 aromatic heterocycles. The van der Waals surface area contributed by atoms with Crippen molar-refractivity contribution in [3.63, 3.8) is 0 Å². The van der Waals surface area contributed by atoms with E-state index in [2.05, 4.69) is 58.6 Å². The zero-order valence-corrected chi connectivity index (χ0v) is 15.3. The fraction of sp³-hybridized carbons (Fsp3) is 0.300. The predicted molar refractivity (Wildman–Crippen MR) is 103 cm³/mol. The molecule has 0 aliphatic rings. The molecular formula is C20H23ClN4. The van der Waals surface area contributed by atoms with Crippen molar-refractivity contribution >= 4 is 11.6 Å². The third-order valence-corrected chi connectivity index (χ3v) is 4.44. The largest absolute Gasteiger partial charge is 0.328 e. The van der Waals surface area contributed by atoms with Gasteiger partial charge in [0.15, 0.2) is 5.82 Å². The van der Waals surface area contributed by atoms with Crippen LogP contribution < -0.4 is 5.32 Å². The molecule has 0 bridgehead atoms. The quantitative estimate of drug-likeness (QED) is 0.591. The van der Waals surface area contributed by atoms with Crippen LogP contribution in [-0.4, -0.2) is 21.7 Å². The van der Waals surface area contributed by atoms with Crippen LogP contribution in [0.25, 0.3) is 22.5 Å². The molecule has 0 fully saturated rings. The summed E-state index contributed by atoms with van der Waals surface area (Å²) in [5, 5.41) is 12.1. The Kier molecular flexibility index (Phi) is 5.84. The summed E-state index contributed by atoms with van der Waals surface area (Å²) in [6, 6.07) is 14.4. The lowest BCUT2D eigenvalue weighted by Gasteiger charge is -2.10. The Morgan fingerprint density at radius 2 is 1.96 bits per heavy atom. The van der Waals surface area contributed by atoms with Crippen LogP contribution in [0.1, 0.15) is 25.8 Å². The van der Waals surface area contributed by atoms with Gasteiger partial charge in [-0.1, -0.05) is 55.8 Å². The number of rotatable bonds is 7. The number of aromatic nitrogens is 3. The lowest BCUT2D eigenvalue weighted by Crippen LogP contribution is -2.16. The van der Waals surface area contributed by atoms with Crippen LogP contribution in [0.5, 0.6) is 0 Å². The van der Waals surface area contributed by atoms with Crippen molar-refractivity contribution in [3.05, 3.63) is 59.4 Å². The smallest absolute Gasteiger partial charge is 0.161 e. The molecule has 2 aromatic carbocycles. The molecule has 0 radical (unpaired) electrons. The maximum atomic E-state index is 6.54. The van der Waals surface area contributed by atoms with Crippen LogP contribution in [0, 0.1) is 5.92 Å². The molecule has 1 heterocycles. The first-order valence-electron chi connectivity index (χ1n) is 8.59. The highest BCUT2D eigenvalue weighted by molar-refractivity contribution is 6.33. The van der Waals surface area contributed by atoms with E-state index in [-0.39, 0.29) is 0 Å². The predicted octanol–water partition coefficient (Wildman–Crippen LogP) is 4.93. The third-order valence-electron chi connectivity index (χ3n) is 4.12. The molecule has 0 amide bonds. The second-order valence-corrected chi connectivity index (χ2v) is 7.00. The number of halogens is 1. The Morgan fingerprint density at radius 1 is 1.12 bits per heavy atom. The molecule has 0 atom stereocenters. The van der Waals surface area contributed by atoms with Crippen molar-refractivity contribution < 1.29 is 0 Å². The Balaban J connectivity index is 1.74. The first-order valence-corrected chi connectivity index (χ1v) is 8.97. The number of nitrogens with zero attached hydrogens (tertiary/aromatic N) is 2. The van der Waals surface area contributed by atoms with E-state index in [4.69, 9.17) is 11.6 Å². The number of aromatic amines is 1. The highest BCUT2D eigenvalue weighted by Crippen LogP contribution is 2.31. The zero-order valence-electron chi connectivity index (χ0n) is 14.6. The van der Waals surface area contributed by atoms with Crippen molar-refractivity contribution in [1.82, 2.24) is 20.5 Å². The molecule has 25 heavy (non-hydrogen) atoms. The molecule has 0 unspecified atom stereocenters.